The molecular weight excluding hydrogens is 310 g/mol. The number of hydrogen-bond acceptors (Lipinski definition) is 5. The summed E-state index contributed by atoms with van der Waals surface area (Å²) in [5.41, 5.74) is 0.794. The van der Waals surface area contributed by atoms with E-state index in [2.05, 4.69) is 31.0 Å². The van der Waals surface area contributed by atoms with E-state index in [1.807, 2.05) is 0 Å². The number of rotatable bonds is 6. The average molecular weight is 335 g/mol. The van der Waals surface area contributed by atoms with E-state index in [0.717, 1.165) is 18.7 Å². The number of nitrogens with zero attached hydrogens (tertiary/aromatic N) is 2. The number of carbonyl (C=O) groups is 1. The van der Waals surface area contributed by atoms with Crippen molar-refractivity contribution in [3.63, 3.8) is 0 Å². The molecule has 1 aliphatic rings. The minimum atomic E-state index is -0.449. The Labute approximate surface area is 142 Å². The summed E-state index contributed by atoms with van der Waals surface area (Å²) in [5.74, 6) is -0.0786. The zero-order valence-corrected chi connectivity index (χ0v) is 14.4. The molecule has 1 amide bonds. The molecule has 132 valence electrons. The first-order chi connectivity index (χ1) is 11.3. The van der Waals surface area contributed by atoms with Gasteiger partial charge in [-0.05, 0) is 26.3 Å². The van der Waals surface area contributed by atoms with Gasteiger partial charge in [-0.15, -0.1) is 0 Å². The molecule has 0 bridgehead atoms. The van der Waals surface area contributed by atoms with Crippen LogP contribution in [0, 0.1) is 10.1 Å². The number of nitro groups is 1. The summed E-state index contributed by atoms with van der Waals surface area (Å²) in [6, 6.07) is 6.31. The van der Waals surface area contributed by atoms with Gasteiger partial charge >= 0.3 is 0 Å². The highest BCUT2D eigenvalue weighted by molar-refractivity contribution is 5.78. The minimum Gasteiger partial charge on any atom is -0.373 e. The first-order valence-electron chi connectivity index (χ1n) is 8.24. The Morgan fingerprint density at radius 2 is 1.92 bits per heavy atom. The molecule has 0 aliphatic carbocycles. The number of morpholine rings is 1. The van der Waals surface area contributed by atoms with Gasteiger partial charge in [0.2, 0.25) is 5.91 Å². The van der Waals surface area contributed by atoms with Gasteiger partial charge in [0.25, 0.3) is 5.69 Å². The van der Waals surface area contributed by atoms with Crippen LogP contribution in [0.5, 0.6) is 0 Å². The van der Waals surface area contributed by atoms with E-state index in [9.17, 15) is 14.9 Å². The van der Waals surface area contributed by atoms with Gasteiger partial charge in [0.05, 0.1) is 23.6 Å². The summed E-state index contributed by atoms with van der Waals surface area (Å²) < 4.78 is 5.72. The Hall–Kier alpha value is -1.99. The molecule has 1 aromatic rings. The average Bonchev–Trinajstić information content (AvgIpc) is 2.52. The van der Waals surface area contributed by atoms with Crippen LogP contribution in [0.4, 0.5) is 5.69 Å². The maximum Gasteiger partial charge on any atom is 0.269 e. The normalized spacial score (nSPS) is 22.8. The Morgan fingerprint density at radius 3 is 2.46 bits per heavy atom. The SMILES string of the molecule is C[C@@H]1CN([C@H](C)CNC(=O)Cc2ccc([N+](=O)[O-])cc2)C[C@H](C)O1. The third kappa shape index (κ3) is 5.28. The fourth-order valence-electron chi connectivity index (χ4n) is 2.95. The van der Waals surface area contributed by atoms with Crippen molar-refractivity contribution in [1.82, 2.24) is 10.2 Å². The van der Waals surface area contributed by atoms with Crippen LogP contribution >= 0.6 is 0 Å². The van der Waals surface area contributed by atoms with Gasteiger partial charge in [-0.25, -0.2) is 0 Å². The van der Waals surface area contributed by atoms with Gasteiger partial charge in [-0.1, -0.05) is 12.1 Å². The van der Waals surface area contributed by atoms with Gasteiger partial charge in [0.1, 0.15) is 0 Å². The lowest BCUT2D eigenvalue weighted by Gasteiger charge is -2.39. The molecule has 0 spiro atoms. The summed E-state index contributed by atoms with van der Waals surface area (Å²) in [6.07, 6.45) is 0.625. The van der Waals surface area contributed by atoms with Crippen molar-refractivity contribution in [3.05, 3.63) is 39.9 Å². The van der Waals surface area contributed by atoms with Crippen LogP contribution in [0.15, 0.2) is 24.3 Å². The lowest BCUT2D eigenvalue weighted by atomic mass is 10.1. The predicted molar refractivity (Wildman–Crippen MR) is 90.9 cm³/mol. The van der Waals surface area contributed by atoms with Crippen LogP contribution in [0.25, 0.3) is 0 Å². The standard InChI is InChI=1S/C17H25N3O4/c1-12(19-10-13(2)24-14(3)11-19)9-18-17(21)8-15-4-6-16(7-5-15)20(22)23/h4-7,12-14H,8-11H2,1-3H3,(H,18,21)/t12-,13-,14+/m1/s1. The van der Waals surface area contributed by atoms with Crippen LogP contribution in [0.1, 0.15) is 26.3 Å². The molecule has 0 aromatic heterocycles. The molecule has 0 unspecified atom stereocenters. The second-order valence-electron chi connectivity index (χ2n) is 6.46. The number of nitro benzene ring substituents is 1. The fraction of sp³-hybridized carbons (Fsp3) is 0.588. The van der Waals surface area contributed by atoms with Crippen LogP contribution in [0.2, 0.25) is 0 Å². The fourth-order valence-corrected chi connectivity index (χ4v) is 2.95. The van der Waals surface area contributed by atoms with Crippen LogP contribution < -0.4 is 5.32 Å². The number of hydrogen-bond donors (Lipinski definition) is 1. The van der Waals surface area contributed by atoms with E-state index >= 15 is 0 Å². The van der Waals surface area contributed by atoms with Gasteiger partial charge in [-0.2, -0.15) is 0 Å². The zero-order chi connectivity index (χ0) is 17.7. The maximum atomic E-state index is 12.1. The van der Waals surface area contributed by atoms with Crippen molar-refractivity contribution >= 4 is 11.6 Å². The van der Waals surface area contributed by atoms with E-state index in [0.29, 0.717) is 6.54 Å². The van der Waals surface area contributed by atoms with Crippen molar-refractivity contribution in [2.45, 2.75) is 45.4 Å². The number of amides is 1. The minimum absolute atomic E-state index is 0.0309. The molecule has 1 saturated heterocycles. The first kappa shape index (κ1) is 18.4. The van der Waals surface area contributed by atoms with E-state index in [1.165, 1.54) is 12.1 Å². The molecule has 1 aliphatic heterocycles. The third-order valence-corrected chi connectivity index (χ3v) is 4.18. The first-order valence-corrected chi connectivity index (χ1v) is 8.24. The Kier molecular flexibility index (Phi) is 6.28. The van der Waals surface area contributed by atoms with Gasteiger partial charge in [0.15, 0.2) is 0 Å². The summed E-state index contributed by atoms with van der Waals surface area (Å²) in [4.78, 5) is 24.6. The molecule has 1 heterocycles. The van der Waals surface area contributed by atoms with Crippen LogP contribution in [0.3, 0.4) is 0 Å². The van der Waals surface area contributed by atoms with Crippen molar-refractivity contribution in [1.29, 1.82) is 0 Å². The largest absolute Gasteiger partial charge is 0.373 e. The van der Waals surface area contributed by atoms with Gasteiger partial charge in [-0.3, -0.25) is 19.8 Å². The molecule has 3 atom stereocenters. The lowest BCUT2D eigenvalue weighted by molar-refractivity contribution is -0.384. The highest BCUT2D eigenvalue weighted by Crippen LogP contribution is 2.14. The van der Waals surface area contributed by atoms with Gasteiger partial charge in [0, 0.05) is 37.8 Å². The molecular formula is C17H25N3O4. The molecule has 1 fully saturated rings. The van der Waals surface area contributed by atoms with Crippen molar-refractivity contribution in [2.75, 3.05) is 19.6 Å². The number of nitrogens with one attached hydrogen (secondary N) is 1. The topological polar surface area (TPSA) is 84.7 Å². The van der Waals surface area contributed by atoms with Crippen molar-refractivity contribution < 1.29 is 14.5 Å². The zero-order valence-electron chi connectivity index (χ0n) is 14.4. The molecule has 1 aromatic carbocycles. The molecule has 1 N–H and O–H groups in total. The highest BCUT2D eigenvalue weighted by atomic mass is 16.6. The van der Waals surface area contributed by atoms with E-state index in [4.69, 9.17) is 4.74 Å². The smallest absolute Gasteiger partial charge is 0.269 e. The second-order valence-corrected chi connectivity index (χ2v) is 6.46. The maximum absolute atomic E-state index is 12.1. The summed E-state index contributed by atoms with van der Waals surface area (Å²) in [5, 5.41) is 13.6. The quantitative estimate of drug-likeness (QED) is 0.632. The Morgan fingerprint density at radius 1 is 1.33 bits per heavy atom. The lowest BCUT2D eigenvalue weighted by Crippen LogP contribution is -2.52. The van der Waals surface area contributed by atoms with Crippen molar-refractivity contribution in [3.8, 4) is 0 Å². The molecule has 0 radical (unpaired) electrons. The van der Waals surface area contributed by atoms with E-state index < -0.39 is 4.92 Å². The second kappa shape index (κ2) is 8.21. The number of benzene rings is 1. The molecule has 7 heteroatoms. The number of carbonyl (C=O) groups excluding carboxylic acids is 1. The van der Waals surface area contributed by atoms with E-state index in [1.54, 1.807) is 12.1 Å². The molecule has 24 heavy (non-hydrogen) atoms. The van der Waals surface area contributed by atoms with Gasteiger partial charge < -0.3 is 10.1 Å². The summed E-state index contributed by atoms with van der Waals surface area (Å²) >= 11 is 0. The van der Waals surface area contributed by atoms with Crippen LogP contribution in [-0.2, 0) is 16.0 Å². The monoisotopic (exact) mass is 335 g/mol. The summed E-state index contributed by atoms with van der Waals surface area (Å²) in [7, 11) is 0. The molecule has 2 rings (SSSR count). The molecule has 7 nitrogen and oxygen atoms in total. The predicted octanol–water partition coefficient (Wildman–Crippen LogP) is 1.75. The van der Waals surface area contributed by atoms with Crippen LogP contribution in [-0.4, -0.2) is 53.6 Å². The molecule has 0 saturated carbocycles. The number of ether oxygens (including phenoxy) is 1. The highest BCUT2D eigenvalue weighted by Gasteiger charge is 2.25. The Bertz CT molecular complexity index is 566. The number of non-ortho nitro benzene ring substituents is 1. The van der Waals surface area contributed by atoms with Crippen molar-refractivity contribution in [2.24, 2.45) is 0 Å². The Balaban J connectivity index is 1.79. The summed E-state index contributed by atoms with van der Waals surface area (Å²) in [6.45, 7) is 8.51. The third-order valence-electron chi connectivity index (χ3n) is 4.18. The van der Waals surface area contributed by atoms with E-state index in [-0.39, 0.29) is 36.3 Å².